The summed E-state index contributed by atoms with van der Waals surface area (Å²) in [5.41, 5.74) is 1.51. The van der Waals surface area contributed by atoms with Gasteiger partial charge in [0.05, 0.1) is 13.5 Å². The lowest BCUT2D eigenvalue weighted by Crippen LogP contribution is -2.04. The highest BCUT2D eigenvalue weighted by Crippen LogP contribution is 2.07. The van der Waals surface area contributed by atoms with Gasteiger partial charge in [-0.3, -0.25) is 9.00 Å². The number of carbonyl (C=O) groups is 1. The molecule has 15 heavy (non-hydrogen) atoms. The van der Waals surface area contributed by atoms with Gasteiger partial charge in [-0.15, -0.1) is 0 Å². The van der Waals surface area contributed by atoms with E-state index in [1.807, 2.05) is 0 Å². The van der Waals surface area contributed by atoms with Crippen molar-refractivity contribution in [1.82, 2.24) is 0 Å². The summed E-state index contributed by atoms with van der Waals surface area (Å²) >= 11 is -2.08. The third-order valence-corrected chi connectivity index (χ3v) is 2.45. The Morgan fingerprint density at radius 3 is 2.33 bits per heavy atom. The molecule has 0 radical (unpaired) electrons. The summed E-state index contributed by atoms with van der Waals surface area (Å²) in [7, 11) is 1.33. The van der Waals surface area contributed by atoms with Gasteiger partial charge < -0.3 is 9.29 Å². The Bertz CT molecular complexity index is 358. The van der Waals surface area contributed by atoms with Crippen molar-refractivity contribution in [3.8, 4) is 0 Å². The van der Waals surface area contributed by atoms with E-state index in [1.54, 1.807) is 24.3 Å². The fourth-order valence-electron chi connectivity index (χ4n) is 1.13. The Morgan fingerprint density at radius 2 is 1.87 bits per heavy atom. The molecule has 5 heteroatoms. The van der Waals surface area contributed by atoms with E-state index in [4.69, 9.17) is 0 Å². The number of esters is 1. The Hall–Kier alpha value is -1.20. The van der Waals surface area contributed by atoms with Gasteiger partial charge in [0.25, 0.3) is 0 Å². The van der Waals surface area contributed by atoms with Gasteiger partial charge in [0.1, 0.15) is 0 Å². The van der Waals surface area contributed by atoms with Gasteiger partial charge in [-0.2, -0.15) is 0 Å². The summed E-state index contributed by atoms with van der Waals surface area (Å²) in [6.45, 7) is 0. The van der Waals surface area contributed by atoms with Crippen molar-refractivity contribution in [3.63, 3.8) is 0 Å². The Morgan fingerprint density at radius 1 is 1.33 bits per heavy atom. The normalized spacial score (nSPS) is 12.1. The van der Waals surface area contributed by atoms with Crippen LogP contribution in [0.1, 0.15) is 11.1 Å². The Labute approximate surface area is 90.5 Å². The highest BCUT2D eigenvalue weighted by molar-refractivity contribution is 7.78. The SMILES string of the molecule is COC(=O)Cc1ccc(CS(=O)[O-])cc1. The molecule has 1 aromatic rings. The lowest BCUT2D eigenvalue weighted by molar-refractivity contribution is -0.139. The van der Waals surface area contributed by atoms with Crippen molar-refractivity contribution >= 4 is 17.0 Å². The van der Waals surface area contributed by atoms with Crippen LogP contribution in [0.2, 0.25) is 0 Å². The molecule has 0 fully saturated rings. The number of rotatable bonds is 4. The van der Waals surface area contributed by atoms with Crippen molar-refractivity contribution < 1.29 is 18.3 Å². The summed E-state index contributed by atoms with van der Waals surface area (Å²) < 4.78 is 25.3. The molecule has 0 heterocycles. The van der Waals surface area contributed by atoms with Crippen LogP contribution in [-0.2, 0) is 32.8 Å². The lowest BCUT2D eigenvalue weighted by Gasteiger charge is -2.05. The predicted octanol–water partition coefficient (Wildman–Crippen LogP) is 0.781. The molecule has 1 aromatic carbocycles. The molecule has 0 spiro atoms. The number of carbonyl (C=O) groups excluding carboxylic acids is 1. The molecule has 1 unspecified atom stereocenters. The number of ether oxygens (including phenoxy) is 1. The lowest BCUT2D eigenvalue weighted by atomic mass is 10.1. The quantitative estimate of drug-likeness (QED) is 0.563. The first-order chi connectivity index (χ1) is 7.11. The maximum Gasteiger partial charge on any atom is 0.309 e. The third kappa shape index (κ3) is 4.22. The second-order valence-corrected chi connectivity index (χ2v) is 3.91. The van der Waals surface area contributed by atoms with E-state index < -0.39 is 11.1 Å². The molecule has 0 N–H and O–H groups in total. The van der Waals surface area contributed by atoms with Crippen LogP contribution >= 0.6 is 0 Å². The third-order valence-electron chi connectivity index (χ3n) is 1.88. The van der Waals surface area contributed by atoms with Crippen LogP contribution < -0.4 is 0 Å². The fourth-order valence-corrected chi connectivity index (χ4v) is 1.59. The molecule has 0 saturated heterocycles. The maximum atomic E-state index is 10.9. The Kier molecular flexibility index (Phi) is 4.45. The van der Waals surface area contributed by atoms with Gasteiger partial charge in [-0.05, 0) is 11.1 Å². The summed E-state index contributed by atoms with van der Waals surface area (Å²) in [4.78, 5) is 10.9. The first-order valence-corrected chi connectivity index (χ1v) is 5.56. The van der Waals surface area contributed by atoms with E-state index in [9.17, 15) is 13.6 Å². The average molecular weight is 227 g/mol. The van der Waals surface area contributed by atoms with Gasteiger partial charge in [-0.1, -0.05) is 35.3 Å². The average Bonchev–Trinajstić information content (AvgIpc) is 2.20. The second-order valence-electron chi connectivity index (χ2n) is 3.02. The van der Waals surface area contributed by atoms with E-state index in [2.05, 4.69) is 4.74 Å². The van der Waals surface area contributed by atoms with Crippen molar-refractivity contribution in [2.45, 2.75) is 12.2 Å². The van der Waals surface area contributed by atoms with E-state index >= 15 is 0 Å². The molecule has 0 aliphatic rings. The largest absolute Gasteiger partial charge is 0.772 e. The van der Waals surface area contributed by atoms with Gasteiger partial charge in [0.15, 0.2) is 0 Å². The summed E-state index contributed by atoms with van der Waals surface area (Å²) in [5, 5.41) is 0. The predicted molar refractivity (Wildman–Crippen MR) is 54.8 cm³/mol. The zero-order chi connectivity index (χ0) is 11.3. The highest BCUT2D eigenvalue weighted by Gasteiger charge is 2.02. The minimum absolute atomic E-state index is 0.00148. The maximum absolute atomic E-state index is 10.9. The standard InChI is InChI=1S/C10H12O4S/c1-14-10(11)6-8-2-4-9(5-3-8)7-15(12)13/h2-5H,6-7H2,1H3,(H,12,13)/p-1. The van der Waals surface area contributed by atoms with E-state index in [-0.39, 0.29) is 18.1 Å². The van der Waals surface area contributed by atoms with E-state index in [1.165, 1.54) is 7.11 Å². The zero-order valence-corrected chi connectivity index (χ0v) is 9.08. The molecule has 0 saturated carbocycles. The first-order valence-electron chi connectivity index (χ1n) is 4.32. The molecule has 0 bridgehead atoms. The summed E-state index contributed by atoms with van der Waals surface area (Å²) in [6.07, 6.45) is 0.206. The zero-order valence-electron chi connectivity index (χ0n) is 8.26. The van der Waals surface area contributed by atoms with Crippen LogP contribution in [0.3, 0.4) is 0 Å². The van der Waals surface area contributed by atoms with Gasteiger partial charge >= 0.3 is 5.97 Å². The van der Waals surface area contributed by atoms with E-state index in [0.717, 1.165) is 5.56 Å². The van der Waals surface area contributed by atoms with Crippen molar-refractivity contribution in [2.24, 2.45) is 0 Å². The van der Waals surface area contributed by atoms with Gasteiger partial charge in [0.2, 0.25) is 0 Å². The smallest absolute Gasteiger partial charge is 0.309 e. The number of hydrogen-bond donors (Lipinski definition) is 0. The summed E-state index contributed by atoms with van der Waals surface area (Å²) in [6, 6.07) is 6.82. The minimum atomic E-state index is -2.08. The molecule has 82 valence electrons. The van der Waals surface area contributed by atoms with Crippen molar-refractivity contribution in [1.29, 1.82) is 0 Å². The number of hydrogen-bond acceptors (Lipinski definition) is 4. The van der Waals surface area contributed by atoms with Gasteiger partial charge in [0, 0.05) is 5.75 Å². The molecule has 1 rings (SSSR count). The molecule has 0 aromatic heterocycles. The second kappa shape index (κ2) is 5.63. The van der Waals surface area contributed by atoms with Crippen LogP contribution in [0.5, 0.6) is 0 Å². The molecule has 0 aliphatic heterocycles. The van der Waals surface area contributed by atoms with E-state index in [0.29, 0.717) is 5.56 Å². The summed E-state index contributed by atoms with van der Waals surface area (Å²) in [5.74, 6) is -0.312. The van der Waals surface area contributed by atoms with Crippen molar-refractivity contribution in [2.75, 3.05) is 7.11 Å². The van der Waals surface area contributed by atoms with Crippen LogP contribution in [0, 0.1) is 0 Å². The molecule has 4 nitrogen and oxygen atoms in total. The Balaban J connectivity index is 2.64. The van der Waals surface area contributed by atoms with Gasteiger partial charge in [-0.25, -0.2) is 0 Å². The van der Waals surface area contributed by atoms with Crippen molar-refractivity contribution in [3.05, 3.63) is 35.4 Å². The number of methoxy groups -OCH3 is 1. The first kappa shape index (κ1) is 11.9. The minimum Gasteiger partial charge on any atom is -0.772 e. The highest BCUT2D eigenvalue weighted by atomic mass is 32.2. The monoisotopic (exact) mass is 227 g/mol. The molecular weight excluding hydrogens is 216 g/mol. The molecule has 1 atom stereocenters. The molecular formula is C10H11O4S-. The van der Waals surface area contributed by atoms with Crippen LogP contribution in [0.15, 0.2) is 24.3 Å². The molecule has 0 amide bonds. The fraction of sp³-hybridized carbons (Fsp3) is 0.300. The van der Waals surface area contributed by atoms with Crippen LogP contribution in [0.25, 0.3) is 0 Å². The van der Waals surface area contributed by atoms with Crippen LogP contribution in [0.4, 0.5) is 0 Å². The topological polar surface area (TPSA) is 66.4 Å². The number of benzene rings is 1. The van der Waals surface area contributed by atoms with Crippen LogP contribution in [-0.4, -0.2) is 21.8 Å². The molecule has 0 aliphatic carbocycles.